The van der Waals surface area contributed by atoms with Crippen molar-refractivity contribution in [1.82, 2.24) is 9.13 Å². The first-order chi connectivity index (χ1) is 14.6. The Morgan fingerprint density at radius 3 is 2.50 bits per heavy atom. The van der Waals surface area contributed by atoms with Crippen LogP contribution in [0.5, 0.6) is 0 Å². The molecule has 6 nitrogen and oxygen atoms in total. The second-order valence-corrected chi connectivity index (χ2v) is 8.28. The van der Waals surface area contributed by atoms with Gasteiger partial charge in [0.05, 0.1) is 10.9 Å². The summed E-state index contributed by atoms with van der Waals surface area (Å²) in [4.78, 5) is 41.6. The average Bonchev–Trinajstić information content (AvgIpc) is 3.22. The Morgan fingerprint density at radius 1 is 0.933 bits per heavy atom. The third kappa shape index (κ3) is 3.07. The van der Waals surface area contributed by atoms with E-state index in [2.05, 4.69) is 0 Å². The molecule has 1 aliphatic carbocycles. The van der Waals surface area contributed by atoms with E-state index in [1.807, 2.05) is 30.3 Å². The molecule has 1 aliphatic heterocycles. The fraction of sp³-hybridized carbons (Fsp3) is 0.375. The van der Waals surface area contributed by atoms with Crippen LogP contribution < -0.4 is 16.1 Å². The van der Waals surface area contributed by atoms with Crippen LogP contribution in [0.3, 0.4) is 0 Å². The Balaban J connectivity index is 1.59. The van der Waals surface area contributed by atoms with E-state index in [1.165, 1.54) is 9.13 Å². The first kappa shape index (κ1) is 18.9. The van der Waals surface area contributed by atoms with Gasteiger partial charge in [-0.05, 0) is 43.0 Å². The van der Waals surface area contributed by atoms with Crippen molar-refractivity contribution in [2.75, 3.05) is 11.4 Å². The van der Waals surface area contributed by atoms with Crippen LogP contribution in [0.1, 0.15) is 43.7 Å². The minimum atomic E-state index is -0.369. The number of hydrogen-bond donors (Lipinski definition) is 0. The molecule has 0 atom stereocenters. The third-order valence-electron chi connectivity index (χ3n) is 6.50. The van der Waals surface area contributed by atoms with Gasteiger partial charge in [0.15, 0.2) is 0 Å². The molecule has 1 amide bonds. The van der Waals surface area contributed by atoms with Crippen LogP contribution in [0.15, 0.2) is 58.1 Å². The van der Waals surface area contributed by atoms with E-state index in [1.54, 1.807) is 23.1 Å². The molecule has 0 saturated heterocycles. The molecule has 2 heterocycles. The molecule has 154 valence electrons. The fourth-order valence-corrected chi connectivity index (χ4v) is 4.97. The van der Waals surface area contributed by atoms with Crippen LogP contribution in [0.2, 0.25) is 0 Å². The zero-order chi connectivity index (χ0) is 20.7. The minimum absolute atomic E-state index is 0.0688. The van der Waals surface area contributed by atoms with Gasteiger partial charge in [0.1, 0.15) is 6.54 Å². The highest BCUT2D eigenvalue weighted by molar-refractivity contribution is 5.96. The van der Waals surface area contributed by atoms with E-state index >= 15 is 0 Å². The van der Waals surface area contributed by atoms with Crippen LogP contribution in [0.4, 0.5) is 5.69 Å². The number of rotatable bonds is 3. The summed E-state index contributed by atoms with van der Waals surface area (Å²) in [5, 5.41) is 0.497. The van der Waals surface area contributed by atoms with Crippen molar-refractivity contribution in [2.45, 2.75) is 51.1 Å². The number of nitrogens with zero attached hydrogens (tertiary/aromatic N) is 3. The number of fused-ring (bicyclic) bond motifs is 2. The van der Waals surface area contributed by atoms with Crippen LogP contribution in [0.25, 0.3) is 10.9 Å². The van der Waals surface area contributed by atoms with Crippen molar-refractivity contribution in [3.05, 3.63) is 74.9 Å². The van der Waals surface area contributed by atoms with Gasteiger partial charge in [0, 0.05) is 18.3 Å². The number of benzene rings is 2. The molecule has 1 aromatic heterocycles. The molecule has 0 unspecified atom stereocenters. The van der Waals surface area contributed by atoms with Crippen LogP contribution in [0, 0.1) is 0 Å². The smallest absolute Gasteiger partial charge is 0.310 e. The molecule has 1 fully saturated rings. The quantitative estimate of drug-likeness (QED) is 0.674. The van der Waals surface area contributed by atoms with Gasteiger partial charge in [-0.3, -0.25) is 18.7 Å². The summed E-state index contributed by atoms with van der Waals surface area (Å²) in [7, 11) is 0. The van der Waals surface area contributed by atoms with E-state index in [4.69, 9.17) is 0 Å². The van der Waals surface area contributed by atoms with Crippen LogP contribution in [-0.4, -0.2) is 21.6 Å². The van der Waals surface area contributed by atoms with Crippen molar-refractivity contribution in [2.24, 2.45) is 0 Å². The monoisotopic (exact) mass is 403 g/mol. The number of carbonyl (C=O) groups excluding carboxylic acids is 1. The molecule has 2 aromatic carbocycles. The normalized spacial score (nSPS) is 16.7. The summed E-state index contributed by atoms with van der Waals surface area (Å²) in [6, 6.07) is 14.9. The largest absolute Gasteiger partial charge is 0.332 e. The lowest BCUT2D eigenvalue weighted by Gasteiger charge is -2.25. The molecular formula is C24H25N3O3. The van der Waals surface area contributed by atoms with E-state index in [-0.39, 0.29) is 29.7 Å². The Kier molecular flexibility index (Phi) is 4.77. The highest BCUT2D eigenvalue weighted by atomic mass is 16.2. The van der Waals surface area contributed by atoms with Crippen molar-refractivity contribution >= 4 is 22.5 Å². The predicted molar refractivity (Wildman–Crippen MR) is 117 cm³/mol. The standard InChI is InChI=1S/C24H25N3O3/c28-22(25-15-14-17-8-4-6-12-20(17)25)16-26-21-13-7-5-11-19(21)23(29)27(24(26)30)18-9-2-1-3-10-18/h4-8,11-13,18H,1-3,9-10,14-16H2. The van der Waals surface area contributed by atoms with Gasteiger partial charge in [-0.1, -0.05) is 49.6 Å². The summed E-state index contributed by atoms with van der Waals surface area (Å²) in [5.74, 6) is -0.124. The number of aromatic nitrogens is 2. The number of carbonyl (C=O) groups is 1. The Labute approximate surface area is 174 Å². The van der Waals surface area contributed by atoms with Gasteiger partial charge >= 0.3 is 5.69 Å². The molecule has 0 N–H and O–H groups in total. The average molecular weight is 403 g/mol. The fourth-order valence-electron chi connectivity index (χ4n) is 4.97. The van der Waals surface area contributed by atoms with Gasteiger partial charge < -0.3 is 4.90 Å². The number of amides is 1. The van der Waals surface area contributed by atoms with Gasteiger partial charge in [-0.15, -0.1) is 0 Å². The second-order valence-electron chi connectivity index (χ2n) is 8.28. The topological polar surface area (TPSA) is 64.3 Å². The lowest BCUT2D eigenvalue weighted by atomic mass is 9.95. The van der Waals surface area contributed by atoms with Crippen molar-refractivity contribution in [3.63, 3.8) is 0 Å². The molecular weight excluding hydrogens is 378 g/mol. The SMILES string of the molecule is O=C(Cn1c(=O)n(C2CCCCC2)c(=O)c2ccccc21)N1CCc2ccccc21. The number of para-hydroxylation sites is 2. The zero-order valence-electron chi connectivity index (χ0n) is 16.9. The number of anilines is 1. The first-order valence-corrected chi connectivity index (χ1v) is 10.8. The summed E-state index contributed by atoms with van der Waals surface area (Å²) < 4.78 is 2.90. The molecule has 0 spiro atoms. The van der Waals surface area contributed by atoms with Gasteiger partial charge in [-0.25, -0.2) is 4.79 Å². The van der Waals surface area contributed by atoms with E-state index < -0.39 is 0 Å². The Bertz CT molecular complexity index is 1230. The zero-order valence-corrected chi connectivity index (χ0v) is 16.9. The molecule has 0 radical (unpaired) electrons. The lowest BCUT2D eigenvalue weighted by molar-refractivity contribution is -0.119. The summed E-state index contributed by atoms with van der Waals surface area (Å²) in [6.45, 7) is 0.549. The molecule has 2 aliphatic rings. The maximum atomic E-state index is 13.5. The molecule has 6 heteroatoms. The summed E-state index contributed by atoms with van der Waals surface area (Å²) >= 11 is 0. The van der Waals surface area contributed by atoms with E-state index in [0.717, 1.165) is 49.8 Å². The highest BCUT2D eigenvalue weighted by Gasteiger charge is 2.27. The molecule has 30 heavy (non-hydrogen) atoms. The highest BCUT2D eigenvalue weighted by Crippen LogP contribution is 2.28. The maximum absolute atomic E-state index is 13.5. The second kappa shape index (κ2) is 7.59. The third-order valence-corrected chi connectivity index (χ3v) is 6.50. The van der Waals surface area contributed by atoms with Gasteiger partial charge in [0.25, 0.3) is 5.56 Å². The Hall–Kier alpha value is -3.15. The van der Waals surface area contributed by atoms with Crippen LogP contribution in [-0.2, 0) is 17.8 Å². The van der Waals surface area contributed by atoms with Crippen molar-refractivity contribution < 1.29 is 4.79 Å². The number of hydrogen-bond acceptors (Lipinski definition) is 3. The maximum Gasteiger partial charge on any atom is 0.332 e. The van der Waals surface area contributed by atoms with Crippen molar-refractivity contribution in [1.29, 1.82) is 0 Å². The van der Waals surface area contributed by atoms with Gasteiger partial charge in [-0.2, -0.15) is 0 Å². The summed E-state index contributed by atoms with van der Waals surface area (Å²) in [6.07, 6.45) is 5.67. The minimum Gasteiger partial charge on any atom is -0.310 e. The van der Waals surface area contributed by atoms with E-state index in [9.17, 15) is 14.4 Å². The predicted octanol–water partition coefficient (Wildman–Crippen LogP) is 3.26. The van der Waals surface area contributed by atoms with Crippen molar-refractivity contribution in [3.8, 4) is 0 Å². The lowest BCUT2D eigenvalue weighted by Crippen LogP contribution is -2.45. The first-order valence-electron chi connectivity index (χ1n) is 10.8. The van der Waals surface area contributed by atoms with Crippen LogP contribution >= 0.6 is 0 Å². The Morgan fingerprint density at radius 2 is 1.67 bits per heavy atom. The molecule has 0 bridgehead atoms. The molecule has 5 rings (SSSR count). The summed E-state index contributed by atoms with van der Waals surface area (Å²) in [5.41, 5.74) is 1.99. The molecule has 1 saturated carbocycles. The van der Waals surface area contributed by atoms with E-state index in [0.29, 0.717) is 17.4 Å². The van der Waals surface area contributed by atoms with Gasteiger partial charge in [0.2, 0.25) is 5.91 Å². The molecule has 3 aromatic rings.